The predicted octanol–water partition coefficient (Wildman–Crippen LogP) is 4.78. The number of ether oxygens (including phenoxy) is 2. The van der Waals surface area contributed by atoms with Gasteiger partial charge < -0.3 is 14.8 Å². The highest BCUT2D eigenvalue weighted by atomic mass is 32.1. The average molecular weight is 424 g/mol. The van der Waals surface area contributed by atoms with E-state index in [9.17, 15) is 14.4 Å². The Morgan fingerprint density at radius 1 is 1.07 bits per heavy atom. The number of carbonyl (C=O) groups is 3. The molecule has 0 fully saturated rings. The molecular weight excluding hydrogens is 398 g/mol. The van der Waals surface area contributed by atoms with Crippen LogP contribution in [0.15, 0.2) is 12.1 Å². The summed E-state index contributed by atoms with van der Waals surface area (Å²) in [6.45, 7) is 9.52. The summed E-state index contributed by atoms with van der Waals surface area (Å²) in [5.41, 5.74) is 1.36. The van der Waals surface area contributed by atoms with Crippen molar-refractivity contribution in [3.05, 3.63) is 37.9 Å². The third-order valence-corrected chi connectivity index (χ3v) is 6.66. The number of amides is 1. The minimum atomic E-state index is -0.525. The Kier molecular flexibility index (Phi) is 7.77. The van der Waals surface area contributed by atoms with Crippen LogP contribution in [-0.2, 0) is 20.7 Å². The van der Waals surface area contributed by atoms with E-state index < -0.39 is 24.5 Å². The average Bonchev–Trinajstić information content (AvgIpc) is 3.23. The molecule has 0 saturated carbocycles. The molecule has 1 N–H and O–H groups in total. The topological polar surface area (TPSA) is 81.7 Å². The summed E-state index contributed by atoms with van der Waals surface area (Å²) in [5.74, 6) is -1.31. The van der Waals surface area contributed by atoms with E-state index in [-0.39, 0.29) is 12.5 Å². The Labute approximate surface area is 172 Å². The van der Waals surface area contributed by atoms with Gasteiger partial charge in [0.1, 0.15) is 9.88 Å². The fraction of sp³-hybridized carbons (Fsp3) is 0.450. The van der Waals surface area contributed by atoms with Crippen molar-refractivity contribution < 1.29 is 23.9 Å². The molecule has 0 aliphatic carbocycles. The second kappa shape index (κ2) is 9.84. The summed E-state index contributed by atoms with van der Waals surface area (Å²) in [6.07, 6.45) is 0.845. The number of anilines is 1. The van der Waals surface area contributed by atoms with Gasteiger partial charge in [0.25, 0.3) is 5.91 Å². The van der Waals surface area contributed by atoms with Gasteiger partial charge in [-0.05, 0) is 43.9 Å². The highest BCUT2D eigenvalue weighted by Crippen LogP contribution is 2.33. The molecule has 2 heterocycles. The second-order valence-corrected chi connectivity index (χ2v) is 8.68. The molecule has 0 saturated heterocycles. The first-order chi connectivity index (χ1) is 13.3. The lowest BCUT2D eigenvalue weighted by atomic mass is 10.1. The monoisotopic (exact) mass is 423 g/mol. The highest BCUT2D eigenvalue weighted by Gasteiger charge is 2.21. The van der Waals surface area contributed by atoms with Crippen LogP contribution in [-0.4, -0.2) is 31.1 Å². The van der Waals surface area contributed by atoms with E-state index in [4.69, 9.17) is 9.47 Å². The van der Waals surface area contributed by atoms with Crippen molar-refractivity contribution >= 4 is 45.5 Å². The van der Waals surface area contributed by atoms with E-state index in [0.717, 1.165) is 21.7 Å². The van der Waals surface area contributed by atoms with Gasteiger partial charge in [-0.15, -0.1) is 22.7 Å². The summed E-state index contributed by atoms with van der Waals surface area (Å²) in [5, 5.41) is 3.07. The number of esters is 2. The third kappa shape index (κ3) is 5.42. The van der Waals surface area contributed by atoms with Gasteiger partial charge in [-0.1, -0.05) is 20.8 Å². The summed E-state index contributed by atoms with van der Waals surface area (Å²) in [7, 11) is 0. The van der Waals surface area contributed by atoms with Crippen molar-refractivity contribution in [3.8, 4) is 0 Å². The molecule has 0 radical (unpaired) electrons. The van der Waals surface area contributed by atoms with Crippen LogP contribution in [0.1, 0.15) is 69.0 Å². The number of hydrogen-bond donors (Lipinski definition) is 1. The van der Waals surface area contributed by atoms with Crippen molar-refractivity contribution in [3.63, 3.8) is 0 Å². The van der Waals surface area contributed by atoms with E-state index >= 15 is 0 Å². The Morgan fingerprint density at radius 3 is 2.36 bits per heavy atom. The molecule has 152 valence electrons. The van der Waals surface area contributed by atoms with E-state index in [2.05, 4.69) is 5.32 Å². The molecule has 1 amide bonds. The van der Waals surface area contributed by atoms with Crippen LogP contribution < -0.4 is 5.32 Å². The third-order valence-electron chi connectivity index (χ3n) is 3.95. The molecule has 0 bridgehead atoms. The Bertz CT molecular complexity index is 866. The summed E-state index contributed by atoms with van der Waals surface area (Å²) < 4.78 is 10.2. The zero-order chi connectivity index (χ0) is 20.8. The van der Waals surface area contributed by atoms with Gasteiger partial charge in [-0.2, -0.15) is 0 Å². The molecule has 0 atom stereocenters. The first kappa shape index (κ1) is 22.1. The fourth-order valence-corrected chi connectivity index (χ4v) is 4.56. The number of aryl methyl sites for hydroxylation is 2. The Balaban J connectivity index is 2.03. The van der Waals surface area contributed by atoms with Gasteiger partial charge in [0.2, 0.25) is 0 Å². The SMILES string of the molecule is CCOC(=O)c1cc(C(C)C)sc1NC(=O)COC(=O)c1cc(C)c(CC)s1. The maximum absolute atomic E-state index is 12.3. The zero-order valence-electron chi connectivity index (χ0n) is 16.7. The molecule has 0 aliphatic heterocycles. The molecule has 6 nitrogen and oxygen atoms in total. The van der Waals surface area contributed by atoms with Crippen LogP contribution in [0.3, 0.4) is 0 Å². The predicted molar refractivity (Wildman–Crippen MR) is 112 cm³/mol. The smallest absolute Gasteiger partial charge is 0.348 e. The van der Waals surface area contributed by atoms with Crippen molar-refractivity contribution in [1.82, 2.24) is 0 Å². The van der Waals surface area contributed by atoms with Gasteiger partial charge in [-0.3, -0.25) is 4.79 Å². The van der Waals surface area contributed by atoms with Gasteiger partial charge in [0, 0.05) is 9.75 Å². The molecule has 2 aromatic rings. The second-order valence-electron chi connectivity index (χ2n) is 6.46. The van der Waals surface area contributed by atoms with Gasteiger partial charge in [0.05, 0.1) is 12.2 Å². The molecule has 0 spiro atoms. The van der Waals surface area contributed by atoms with Crippen LogP contribution in [0.5, 0.6) is 0 Å². The number of nitrogens with one attached hydrogen (secondary N) is 1. The van der Waals surface area contributed by atoms with Crippen LogP contribution in [0, 0.1) is 6.92 Å². The standard InChI is InChI=1S/C20H25NO5S2/c1-6-14-12(5)8-16(27-14)20(24)26-10-17(22)21-18-13(19(23)25-7-2)9-15(28-18)11(3)4/h8-9,11H,6-7,10H2,1-5H3,(H,21,22). The molecular formula is C20H25NO5S2. The molecule has 0 aromatic carbocycles. The van der Waals surface area contributed by atoms with Crippen molar-refractivity contribution in [2.45, 2.75) is 47.0 Å². The first-order valence-corrected chi connectivity index (χ1v) is 10.8. The van der Waals surface area contributed by atoms with E-state index in [1.54, 1.807) is 19.1 Å². The van der Waals surface area contributed by atoms with E-state index in [1.807, 2.05) is 27.7 Å². The summed E-state index contributed by atoms with van der Waals surface area (Å²) in [6, 6.07) is 3.51. The van der Waals surface area contributed by atoms with Gasteiger partial charge in [0.15, 0.2) is 6.61 Å². The number of hydrogen-bond acceptors (Lipinski definition) is 7. The largest absolute Gasteiger partial charge is 0.462 e. The lowest BCUT2D eigenvalue weighted by Gasteiger charge is -2.06. The van der Waals surface area contributed by atoms with Crippen LogP contribution in [0.2, 0.25) is 0 Å². The number of carbonyl (C=O) groups excluding carboxylic acids is 3. The van der Waals surface area contributed by atoms with E-state index in [1.165, 1.54) is 22.7 Å². The fourth-order valence-electron chi connectivity index (χ4n) is 2.48. The lowest BCUT2D eigenvalue weighted by molar-refractivity contribution is -0.119. The molecule has 2 rings (SSSR count). The van der Waals surface area contributed by atoms with Gasteiger partial charge in [-0.25, -0.2) is 9.59 Å². The van der Waals surface area contributed by atoms with Crippen molar-refractivity contribution in [1.29, 1.82) is 0 Å². The molecule has 28 heavy (non-hydrogen) atoms. The van der Waals surface area contributed by atoms with Crippen LogP contribution >= 0.6 is 22.7 Å². The number of thiophene rings is 2. The molecule has 0 unspecified atom stereocenters. The minimum Gasteiger partial charge on any atom is -0.462 e. The van der Waals surface area contributed by atoms with Gasteiger partial charge >= 0.3 is 11.9 Å². The maximum Gasteiger partial charge on any atom is 0.348 e. The summed E-state index contributed by atoms with van der Waals surface area (Å²) in [4.78, 5) is 39.1. The van der Waals surface area contributed by atoms with E-state index in [0.29, 0.717) is 15.4 Å². The number of rotatable bonds is 8. The Morgan fingerprint density at radius 2 is 1.79 bits per heavy atom. The van der Waals surface area contributed by atoms with Crippen LogP contribution in [0.25, 0.3) is 0 Å². The lowest BCUT2D eigenvalue weighted by Crippen LogP contribution is -2.21. The van der Waals surface area contributed by atoms with Crippen LogP contribution in [0.4, 0.5) is 5.00 Å². The zero-order valence-corrected chi connectivity index (χ0v) is 18.3. The highest BCUT2D eigenvalue weighted by molar-refractivity contribution is 7.16. The summed E-state index contributed by atoms with van der Waals surface area (Å²) >= 11 is 2.69. The first-order valence-electron chi connectivity index (χ1n) is 9.13. The van der Waals surface area contributed by atoms with Crippen molar-refractivity contribution in [2.75, 3.05) is 18.5 Å². The normalized spacial score (nSPS) is 10.8. The molecule has 8 heteroatoms. The maximum atomic E-state index is 12.3. The molecule has 2 aromatic heterocycles. The van der Waals surface area contributed by atoms with Crippen molar-refractivity contribution in [2.24, 2.45) is 0 Å². The Hall–Kier alpha value is -2.19. The quantitative estimate of drug-likeness (QED) is 0.618. The minimum absolute atomic E-state index is 0.205. The molecule has 0 aliphatic rings.